The number of amides is 1. The zero-order valence-corrected chi connectivity index (χ0v) is 7.32. The number of carbonyl (C=O) groups excluding carboxylic acids is 2. The van der Waals surface area contributed by atoms with Gasteiger partial charge in [-0.2, -0.15) is 5.11 Å². The van der Waals surface area contributed by atoms with Gasteiger partial charge in [0.05, 0.1) is 5.70 Å². The third kappa shape index (κ3) is 2.87. The van der Waals surface area contributed by atoms with Crippen LogP contribution in [0.1, 0.15) is 12.8 Å². The van der Waals surface area contributed by atoms with Crippen LogP contribution in [-0.4, -0.2) is 25.4 Å². The van der Waals surface area contributed by atoms with E-state index in [-0.39, 0.29) is 0 Å². The molecule has 0 saturated heterocycles. The summed E-state index contributed by atoms with van der Waals surface area (Å²) in [6.07, 6.45) is 2.60. The Hall–Kier alpha value is -1.36. The molecule has 1 rings (SSSR count). The summed E-state index contributed by atoms with van der Waals surface area (Å²) in [5.41, 5.74) is 0.543. The third-order valence-corrected chi connectivity index (χ3v) is 1.56. The van der Waals surface area contributed by atoms with Crippen LogP contribution in [0.25, 0.3) is 0 Å². The van der Waals surface area contributed by atoms with Gasteiger partial charge in [-0.1, -0.05) is 0 Å². The molecule has 0 N–H and O–H groups in total. The summed E-state index contributed by atoms with van der Waals surface area (Å²) < 4.78 is 4.83. The van der Waals surface area contributed by atoms with Gasteiger partial charge in [-0.25, -0.2) is 0 Å². The Balaban J connectivity index is 2.44. The summed E-state index contributed by atoms with van der Waals surface area (Å²) in [4.78, 5) is 21.4. The number of ether oxygens (including phenoxy) is 1. The second-order valence-corrected chi connectivity index (χ2v) is 2.60. The molecule has 1 heterocycles. The third-order valence-electron chi connectivity index (χ3n) is 1.56. The molecule has 5 nitrogen and oxygen atoms in total. The fraction of sp³-hybridized carbons (Fsp3) is 0.500. The van der Waals surface area contributed by atoms with Crippen molar-refractivity contribution in [1.82, 2.24) is 0 Å². The number of hydrogen-bond donors (Lipinski definition) is 0. The van der Waals surface area contributed by atoms with Gasteiger partial charge in [0.15, 0.2) is 0 Å². The molecule has 0 atom stereocenters. The van der Waals surface area contributed by atoms with Crippen LogP contribution in [-0.2, 0) is 14.3 Å². The van der Waals surface area contributed by atoms with E-state index in [4.69, 9.17) is 4.74 Å². The van der Waals surface area contributed by atoms with Gasteiger partial charge in [-0.15, -0.1) is 5.11 Å². The first-order valence-corrected chi connectivity index (χ1v) is 3.93. The van der Waals surface area contributed by atoms with E-state index < -0.39 is 11.7 Å². The van der Waals surface area contributed by atoms with E-state index in [9.17, 15) is 9.59 Å². The fourth-order valence-corrected chi connectivity index (χ4v) is 0.921. The topological polar surface area (TPSA) is 68.1 Å². The minimum atomic E-state index is -0.796. The van der Waals surface area contributed by atoms with Crippen molar-refractivity contribution in [3.05, 3.63) is 11.8 Å². The van der Waals surface area contributed by atoms with Crippen LogP contribution >= 0.6 is 0 Å². The van der Waals surface area contributed by atoms with E-state index in [2.05, 4.69) is 10.2 Å². The Bertz CT molecular complexity index is 281. The maximum absolute atomic E-state index is 10.8. The van der Waals surface area contributed by atoms with Gasteiger partial charge in [0, 0.05) is 19.8 Å². The van der Waals surface area contributed by atoms with Crippen LogP contribution in [0.3, 0.4) is 0 Å². The van der Waals surface area contributed by atoms with E-state index in [1.165, 1.54) is 6.08 Å². The highest BCUT2D eigenvalue weighted by atomic mass is 16.5. The van der Waals surface area contributed by atoms with Crippen LogP contribution < -0.4 is 0 Å². The molecule has 0 fully saturated rings. The number of azo groups is 1. The van der Waals surface area contributed by atoms with Gasteiger partial charge < -0.3 is 4.74 Å². The molecule has 1 amide bonds. The zero-order chi connectivity index (χ0) is 9.68. The molecule has 13 heavy (non-hydrogen) atoms. The van der Waals surface area contributed by atoms with Crippen LogP contribution in [0.15, 0.2) is 22.0 Å². The van der Waals surface area contributed by atoms with Gasteiger partial charge >= 0.3 is 5.91 Å². The summed E-state index contributed by atoms with van der Waals surface area (Å²) in [5, 5.41) is 6.79. The largest absolute Gasteiger partial charge is 0.385 e. The maximum atomic E-state index is 10.8. The number of ketones is 1. The quantitative estimate of drug-likeness (QED) is 0.478. The lowest BCUT2D eigenvalue weighted by Crippen LogP contribution is -2.11. The van der Waals surface area contributed by atoms with Crippen molar-refractivity contribution in [2.24, 2.45) is 10.2 Å². The summed E-state index contributed by atoms with van der Waals surface area (Å²) in [7, 11) is 1.60. The van der Waals surface area contributed by atoms with Crippen molar-refractivity contribution >= 4 is 11.7 Å². The van der Waals surface area contributed by atoms with Crippen molar-refractivity contribution in [2.75, 3.05) is 13.7 Å². The first kappa shape index (κ1) is 9.73. The van der Waals surface area contributed by atoms with Crippen LogP contribution in [0.5, 0.6) is 0 Å². The Kier molecular flexibility index (Phi) is 3.45. The van der Waals surface area contributed by atoms with Gasteiger partial charge in [0.1, 0.15) is 0 Å². The number of methoxy groups -OCH3 is 1. The second kappa shape index (κ2) is 4.61. The summed E-state index contributed by atoms with van der Waals surface area (Å²) in [6.45, 7) is 0.606. The molecule has 1 aliphatic heterocycles. The number of rotatable bonds is 4. The summed E-state index contributed by atoms with van der Waals surface area (Å²) >= 11 is 0. The molecule has 0 aromatic heterocycles. The molecule has 0 spiro atoms. The van der Waals surface area contributed by atoms with Crippen LogP contribution in [0.4, 0.5) is 0 Å². The molecule has 0 saturated carbocycles. The predicted octanol–water partition coefficient (Wildman–Crippen LogP) is 0.858. The van der Waals surface area contributed by atoms with Crippen molar-refractivity contribution in [2.45, 2.75) is 12.8 Å². The highest BCUT2D eigenvalue weighted by molar-refractivity contribution is 6.41. The lowest BCUT2D eigenvalue weighted by molar-refractivity contribution is -0.133. The summed E-state index contributed by atoms with van der Waals surface area (Å²) in [6, 6.07) is 0. The van der Waals surface area contributed by atoms with Crippen molar-refractivity contribution in [3.8, 4) is 0 Å². The Labute approximate surface area is 75.5 Å². The molecule has 0 aromatic carbocycles. The lowest BCUT2D eigenvalue weighted by atomic mass is 10.2. The van der Waals surface area contributed by atoms with Gasteiger partial charge in [0.2, 0.25) is 5.78 Å². The second-order valence-electron chi connectivity index (χ2n) is 2.60. The van der Waals surface area contributed by atoms with Crippen LogP contribution in [0.2, 0.25) is 0 Å². The predicted molar refractivity (Wildman–Crippen MR) is 44.1 cm³/mol. The first-order valence-electron chi connectivity index (χ1n) is 3.93. The highest BCUT2D eigenvalue weighted by Crippen LogP contribution is 2.11. The molecular formula is C8H10N2O3. The van der Waals surface area contributed by atoms with Gasteiger partial charge in [0.25, 0.3) is 0 Å². The molecule has 1 aliphatic rings. The average molecular weight is 182 g/mol. The van der Waals surface area contributed by atoms with Gasteiger partial charge in [-0.05, 0) is 12.8 Å². The van der Waals surface area contributed by atoms with E-state index in [0.717, 1.165) is 6.42 Å². The molecule has 70 valence electrons. The van der Waals surface area contributed by atoms with E-state index in [1.54, 1.807) is 7.11 Å². The molecule has 0 bridgehead atoms. The molecule has 0 unspecified atom stereocenters. The monoisotopic (exact) mass is 182 g/mol. The van der Waals surface area contributed by atoms with Crippen molar-refractivity contribution in [1.29, 1.82) is 0 Å². The Morgan fingerprint density at radius 1 is 1.38 bits per heavy atom. The molecule has 0 aromatic rings. The zero-order valence-electron chi connectivity index (χ0n) is 7.32. The minimum absolute atomic E-state index is 0.543. The number of nitrogens with zero attached hydrogens (tertiary/aromatic N) is 2. The van der Waals surface area contributed by atoms with E-state index in [0.29, 0.717) is 18.7 Å². The molecule has 0 radical (unpaired) electrons. The highest BCUT2D eigenvalue weighted by Gasteiger charge is 2.15. The smallest absolute Gasteiger partial charge is 0.335 e. The first-order chi connectivity index (χ1) is 6.24. The molecular weight excluding hydrogens is 172 g/mol. The number of carbonyl (C=O) groups is 2. The maximum Gasteiger partial charge on any atom is 0.335 e. The normalized spacial score (nSPS) is 16.2. The fourth-order valence-electron chi connectivity index (χ4n) is 0.921. The van der Waals surface area contributed by atoms with Gasteiger partial charge in [-0.3, -0.25) is 9.59 Å². The number of hydrogen-bond acceptors (Lipinski definition) is 4. The van der Waals surface area contributed by atoms with E-state index in [1.807, 2.05) is 0 Å². The van der Waals surface area contributed by atoms with Crippen LogP contribution in [0, 0.1) is 0 Å². The summed E-state index contributed by atoms with van der Waals surface area (Å²) in [5.74, 6) is -1.39. The Morgan fingerprint density at radius 3 is 2.77 bits per heavy atom. The number of allylic oxidation sites excluding steroid dienone is 1. The van der Waals surface area contributed by atoms with Crippen molar-refractivity contribution in [3.63, 3.8) is 0 Å². The minimum Gasteiger partial charge on any atom is -0.385 e. The van der Waals surface area contributed by atoms with E-state index >= 15 is 0 Å². The molecule has 5 heteroatoms. The molecule has 0 aliphatic carbocycles. The standard InChI is InChI=1S/C8H10N2O3/c1-13-4-2-3-6-5-7(11)8(12)10-9-6/h5H,2-4H2,1H3. The lowest BCUT2D eigenvalue weighted by Gasteiger charge is -2.02. The SMILES string of the molecule is COCCCC1=CC(=O)C(=O)N=N1. The van der Waals surface area contributed by atoms with Crippen molar-refractivity contribution < 1.29 is 14.3 Å². The Morgan fingerprint density at radius 2 is 2.15 bits per heavy atom. The average Bonchev–Trinajstić information content (AvgIpc) is 2.12.